The van der Waals surface area contributed by atoms with Crippen molar-refractivity contribution < 1.29 is 9.13 Å². The molecule has 1 aromatic carbocycles. The Morgan fingerprint density at radius 1 is 1.19 bits per heavy atom. The highest BCUT2D eigenvalue weighted by atomic mass is 35.5. The number of hydrogen-bond acceptors (Lipinski definition) is 5. The van der Waals surface area contributed by atoms with Crippen LogP contribution < -0.4 is 16.0 Å². The predicted octanol–water partition coefficient (Wildman–Crippen LogP) is 5.66. The van der Waals surface area contributed by atoms with Gasteiger partial charge in [-0.1, -0.05) is 23.7 Å². The molecule has 2 aliphatic carbocycles. The number of alkyl halides is 1. The first-order chi connectivity index (χ1) is 15.4. The Labute approximate surface area is 195 Å². The van der Waals surface area contributed by atoms with Gasteiger partial charge in [0.1, 0.15) is 11.5 Å². The third-order valence-corrected chi connectivity index (χ3v) is 6.75. The molecule has 0 spiro atoms. The van der Waals surface area contributed by atoms with E-state index in [0.717, 1.165) is 54.9 Å². The number of aromatic nitrogens is 1. The van der Waals surface area contributed by atoms with Crippen LogP contribution in [0.15, 0.2) is 36.5 Å². The van der Waals surface area contributed by atoms with Crippen molar-refractivity contribution in [1.82, 2.24) is 10.3 Å². The van der Waals surface area contributed by atoms with Crippen molar-refractivity contribution in [2.45, 2.75) is 69.2 Å². The summed E-state index contributed by atoms with van der Waals surface area (Å²) in [5.74, 6) is 0.840. The summed E-state index contributed by atoms with van der Waals surface area (Å²) in [7, 11) is 1.74. The van der Waals surface area contributed by atoms with Crippen LogP contribution in [0.3, 0.4) is 0 Å². The molecule has 1 aromatic heterocycles. The zero-order chi connectivity index (χ0) is 22.6. The van der Waals surface area contributed by atoms with Gasteiger partial charge in [0.15, 0.2) is 0 Å². The van der Waals surface area contributed by atoms with Gasteiger partial charge in [0.2, 0.25) is 0 Å². The average molecular weight is 461 g/mol. The molecule has 0 unspecified atom stereocenters. The molecule has 7 heteroatoms. The number of nitrogens with zero attached hydrogens (tertiary/aromatic N) is 1. The summed E-state index contributed by atoms with van der Waals surface area (Å²) < 4.78 is 19.2. The minimum Gasteiger partial charge on any atom is -0.383 e. The minimum absolute atomic E-state index is 0.356. The highest BCUT2D eigenvalue weighted by Crippen LogP contribution is 2.40. The summed E-state index contributed by atoms with van der Waals surface area (Å²) in [6, 6.07) is 11.3. The summed E-state index contributed by atoms with van der Waals surface area (Å²) in [5.41, 5.74) is 1.80. The fraction of sp³-hybridized carbons (Fsp3) is 0.560. The molecule has 0 bridgehead atoms. The van der Waals surface area contributed by atoms with Crippen molar-refractivity contribution in [3.63, 3.8) is 0 Å². The van der Waals surface area contributed by atoms with E-state index in [1.807, 2.05) is 30.3 Å². The van der Waals surface area contributed by atoms with Crippen molar-refractivity contribution in [2.24, 2.45) is 0 Å². The lowest BCUT2D eigenvalue weighted by Gasteiger charge is -2.32. The lowest BCUT2D eigenvalue weighted by atomic mass is 9.90. The van der Waals surface area contributed by atoms with Gasteiger partial charge < -0.3 is 20.7 Å². The SMILES string of the molecule is COC[C@@H](C)NC1CCC(Nc2cc(-c3cccc(NCC4(F)CC4)c3)c(Cl)cn2)CC1. The van der Waals surface area contributed by atoms with Gasteiger partial charge in [0.05, 0.1) is 11.6 Å². The molecule has 2 aromatic rings. The molecule has 0 saturated heterocycles. The number of benzene rings is 1. The molecule has 0 amide bonds. The molecule has 32 heavy (non-hydrogen) atoms. The third-order valence-electron chi connectivity index (χ3n) is 6.45. The smallest absolute Gasteiger partial charge is 0.128 e. The van der Waals surface area contributed by atoms with Crippen LogP contribution in [0.1, 0.15) is 45.4 Å². The van der Waals surface area contributed by atoms with Crippen molar-refractivity contribution in [3.05, 3.63) is 41.6 Å². The van der Waals surface area contributed by atoms with Gasteiger partial charge >= 0.3 is 0 Å². The number of methoxy groups -OCH3 is 1. The number of hydrogen-bond donors (Lipinski definition) is 3. The van der Waals surface area contributed by atoms with E-state index >= 15 is 0 Å². The van der Waals surface area contributed by atoms with Crippen LogP contribution in [-0.2, 0) is 4.74 Å². The Bertz CT molecular complexity index is 899. The Hall–Kier alpha value is -1.89. The highest BCUT2D eigenvalue weighted by molar-refractivity contribution is 6.33. The van der Waals surface area contributed by atoms with Gasteiger partial charge in [-0.05, 0) is 69.2 Å². The molecule has 4 rings (SSSR count). The molecule has 1 atom stereocenters. The number of rotatable bonds is 10. The largest absolute Gasteiger partial charge is 0.383 e. The van der Waals surface area contributed by atoms with E-state index in [4.69, 9.17) is 16.3 Å². The molecule has 1 heterocycles. The topological polar surface area (TPSA) is 58.2 Å². The van der Waals surface area contributed by atoms with Crippen LogP contribution in [-0.4, -0.2) is 49.0 Å². The van der Waals surface area contributed by atoms with Crippen LogP contribution >= 0.6 is 11.6 Å². The van der Waals surface area contributed by atoms with Gasteiger partial charge in [-0.15, -0.1) is 0 Å². The summed E-state index contributed by atoms with van der Waals surface area (Å²) >= 11 is 6.49. The molecule has 174 valence electrons. The maximum atomic E-state index is 14.0. The molecular weight excluding hydrogens is 427 g/mol. The lowest BCUT2D eigenvalue weighted by Crippen LogP contribution is -2.42. The standard InChI is InChI=1S/C25H34ClFN4O/c1-17(15-32-2)30-19-6-8-20(9-7-19)31-24-13-22(23(26)14-28-24)18-4-3-5-21(12-18)29-16-25(27)10-11-25/h3-5,12-14,17,19-20,29-30H,6-11,15-16H2,1-2H3,(H,28,31)/t17-,19?,20?/m1/s1. The number of ether oxygens (including phenoxy) is 1. The van der Waals surface area contributed by atoms with E-state index in [9.17, 15) is 4.39 Å². The monoisotopic (exact) mass is 460 g/mol. The Morgan fingerprint density at radius 3 is 2.66 bits per heavy atom. The van der Waals surface area contributed by atoms with Crippen molar-refractivity contribution >= 4 is 23.1 Å². The van der Waals surface area contributed by atoms with Gasteiger partial charge in [-0.25, -0.2) is 9.37 Å². The predicted molar refractivity (Wildman–Crippen MR) is 130 cm³/mol. The van der Waals surface area contributed by atoms with E-state index < -0.39 is 5.67 Å². The molecule has 0 radical (unpaired) electrons. The fourth-order valence-electron chi connectivity index (χ4n) is 4.42. The van der Waals surface area contributed by atoms with E-state index in [1.54, 1.807) is 13.3 Å². The zero-order valence-electron chi connectivity index (χ0n) is 19.0. The number of anilines is 2. The quantitative estimate of drug-likeness (QED) is 0.427. The van der Waals surface area contributed by atoms with E-state index in [2.05, 4.69) is 27.9 Å². The van der Waals surface area contributed by atoms with E-state index in [0.29, 0.717) is 42.5 Å². The molecular formula is C25H34ClFN4O. The Balaban J connectivity index is 1.36. The van der Waals surface area contributed by atoms with Crippen molar-refractivity contribution in [1.29, 1.82) is 0 Å². The third kappa shape index (κ3) is 6.33. The molecule has 0 aliphatic heterocycles. The Kier molecular flexibility index (Phi) is 7.54. The van der Waals surface area contributed by atoms with Crippen LogP contribution in [0, 0.1) is 0 Å². The molecule has 3 N–H and O–H groups in total. The normalized spacial score (nSPS) is 22.9. The second-order valence-corrected chi connectivity index (χ2v) is 9.76. The maximum absolute atomic E-state index is 14.0. The van der Waals surface area contributed by atoms with Crippen LogP contribution in [0.2, 0.25) is 5.02 Å². The first-order valence-corrected chi connectivity index (χ1v) is 12.0. The van der Waals surface area contributed by atoms with Crippen molar-refractivity contribution in [2.75, 3.05) is 30.9 Å². The van der Waals surface area contributed by atoms with Gasteiger partial charge in [-0.2, -0.15) is 0 Å². The first-order valence-electron chi connectivity index (χ1n) is 11.6. The summed E-state index contributed by atoms with van der Waals surface area (Å²) in [4.78, 5) is 4.51. The number of pyridine rings is 1. The second-order valence-electron chi connectivity index (χ2n) is 9.35. The second kappa shape index (κ2) is 10.4. The Morgan fingerprint density at radius 2 is 1.94 bits per heavy atom. The number of halogens is 2. The molecule has 2 aliphatic rings. The molecule has 2 fully saturated rings. The summed E-state index contributed by atoms with van der Waals surface area (Å²) in [6.45, 7) is 3.26. The van der Waals surface area contributed by atoms with E-state index in [-0.39, 0.29) is 0 Å². The van der Waals surface area contributed by atoms with Crippen LogP contribution in [0.5, 0.6) is 0 Å². The van der Waals surface area contributed by atoms with Gasteiger partial charge in [0, 0.05) is 49.2 Å². The number of nitrogens with one attached hydrogen (secondary N) is 3. The van der Waals surface area contributed by atoms with Crippen LogP contribution in [0.25, 0.3) is 11.1 Å². The lowest BCUT2D eigenvalue weighted by molar-refractivity contribution is 0.161. The molecule has 2 saturated carbocycles. The summed E-state index contributed by atoms with van der Waals surface area (Å²) in [5, 5.41) is 11.1. The maximum Gasteiger partial charge on any atom is 0.128 e. The van der Waals surface area contributed by atoms with Gasteiger partial charge in [-0.3, -0.25) is 0 Å². The minimum atomic E-state index is -1.03. The van der Waals surface area contributed by atoms with Crippen molar-refractivity contribution in [3.8, 4) is 11.1 Å². The molecule has 5 nitrogen and oxygen atoms in total. The van der Waals surface area contributed by atoms with E-state index in [1.165, 1.54) is 0 Å². The average Bonchev–Trinajstić information content (AvgIpc) is 3.53. The first kappa shape index (κ1) is 23.3. The van der Waals surface area contributed by atoms with Crippen LogP contribution in [0.4, 0.5) is 15.9 Å². The highest BCUT2D eigenvalue weighted by Gasteiger charge is 2.42. The summed E-state index contributed by atoms with van der Waals surface area (Å²) in [6.07, 6.45) is 7.47. The fourth-order valence-corrected chi connectivity index (χ4v) is 4.63. The zero-order valence-corrected chi connectivity index (χ0v) is 19.7. The van der Waals surface area contributed by atoms with Gasteiger partial charge in [0.25, 0.3) is 0 Å².